The molecule has 118 valence electrons. The third-order valence-electron chi connectivity index (χ3n) is 3.58. The summed E-state index contributed by atoms with van der Waals surface area (Å²) in [4.78, 5) is 10.1. The summed E-state index contributed by atoms with van der Waals surface area (Å²) in [6, 6.07) is 8.39. The number of benzene rings is 1. The van der Waals surface area contributed by atoms with Crippen LogP contribution in [0.25, 0.3) is 0 Å². The number of nitrogens with zero attached hydrogens (tertiary/aromatic N) is 2. The van der Waals surface area contributed by atoms with Crippen LogP contribution in [0.4, 0.5) is 0 Å². The number of aryl methyl sites for hydroxylation is 3. The number of nitrogens with one attached hydrogen (secondary N) is 2. The minimum atomic E-state index is 0.783. The largest absolute Gasteiger partial charge is 0.356 e. The second-order valence-electron chi connectivity index (χ2n) is 5.27. The first-order chi connectivity index (χ1) is 10.6. The fourth-order valence-corrected chi connectivity index (χ4v) is 3.24. The Balaban J connectivity index is 1.81. The molecule has 0 aliphatic rings. The first-order valence-corrected chi connectivity index (χ1v) is 8.33. The average molecular weight is 316 g/mol. The second-order valence-corrected chi connectivity index (χ2v) is 6.56. The van der Waals surface area contributed by atoms with Gasteiger partial charge in [0.2, 0.25) is 0 Å². The predicted octanol–water partition coefficient (Wildman–Crippen LogP) is 2.98. The van der Waals surface area contributed by atoms with Crippen LogP contribution in [0.1, 0.15) is 26.7 Å². The van der Waals surface area contributed by atoms with Crippen molar-refractivity contribution < 1.29 is 0 Å². The van der Waals surface area contributed by atoms with Gasteiger partial charge in [-0.1, -0.05) is 24.3 Å². The molecule has 0 aliphatic carbocycles. The molecule has 2 N–H and O–H groups in total. The molecule has 0 saturated heterocycles. The summed E-state index contributed by atoms with van der Waals surface area (Å²) in [6.45, 7) is 7.89. The number of rotatable bonds is 5. The van der Waals surface area contributed by atoms with Gasteiger partial charge in [0.25, 0.3) is 0 Å². The van der Waals surface area contributed by atoms with Crippen LogP contribution in [0.15, 0.2) is 29.3 Å². The number of thiazole rings is 1. The van der Waals surface area contributed by atoms with Crippen LogP contribution in [0.3, 0.4) is 0 Å². The van der Waals surface area contributed by atoms with Gasteiger partial charge in [-0.2, -0.15) is 0 Å². The van der Waals surface area contributed by atoms with Crippen molar-refractivity contribution >= 4 is 17.3 Å². The van der Waals surface area contributed by atoms with E-state index in [1.807, 2.05) is 0 Å². The maximum atomic E-state index is 4.46. The van der Waals surface area contributed by atoms with E-state index in [0.29, 0.717) is 0 Å². The summed E-state index contributed by atoms with van der Waals surface area (Å²) in [5.41, 5.74) is 3.73. The highest BCUT2D eigenvalue weighted by molar-refractivity contribution is 7.11. The molecule has 2 rings (SSSR count). The summed E-state index contributed by atoms with van der Waals surface area (Å²) in [5, 5.41) is 7.86. The topological polar surface area (TPSA) is 49.3 Å². The highest BCUT2D eigenvalue weighted by Crippen LogP contribution is 2.17. The smallest absolute Gasteiger partial charge is 0.191 e. The van der Waals surface area contributed by atoms with Crippen LogP contribution in [0.5, 0.6) is 0 Å². The van der Waals surface area contributed by atoms with Gasteiger partial charge in [-0.3, -0.25) is 4.99 Å². The first kappa shape index (κ1) is 16.5. The first-order valence-electron chi connectivity index (χ1n) is 7.52. The molecule has 22 heavy (non-hydrogen) atoms. The zero-order valence-electron chi connectivity index (χ0n) is 13.7. The van der Waals surface area contributed by atoms with Gasteiger partial charge in [0.1, 0.15) is 0 Å². The lowest BCUT2D eigenvalue weighted by atomic mass is 10.1. The fraction of sp³-hybridized carbons (Fsp3) is 0.412. The molecular weight excluding hydrogens is 292 g/mol. The molecule has 0 spiro atoms. The van der Waals surface area contributed by atoms with E-state index in [0.717, 1.165) is 36.2 Å². The van der Waals surface area contributed by atoms with Gasteiger partial charge in [-0.15, -0.1) is 11.3 Å². The van der Waals surface area contributed by atoms with Crippen LogP contribution in [0, 0.1) is 20.8 Å². The lowest BCUT2D eigenvalue weighted by Crippen LogP contribution is -2.37. The molecule has 1 heterocycles. The monoisotopic (exact) mass is 316 g/mol. The molecular formula is C17H24N4S. The minimum absolute atomic E-state index is 0.783. The van der Waals surface area contributed by atoms with Gasteiger partial charge in [0.05, 0.1) is 10.7 Å². The van der Waals surface area contributed by atoms with Crippen LogP contribution in [0.2, 0.25) is 0 Å². The Labute approximate surface area is 136 Å². The number of aliphatic imine (C=N–C) groups is 1. The summed E-state index contributed by atoms with van der Waals surface area (Å²) < 4.78 is 0. The van der Waals surface area contributed by atoms with Crippen molar-refractivity contribution in [3.8, 4) is 0 Å². The van der Waals surface area contributed by atoms with Gasteiger partial charge in [-0.05, 0) is 31.9 Å². The van der Waals surface area contributed by atoms with Gasteiger partial charge < -0.3 is 10.6 Å². The van der Waals surface area contributed by atoms with E-state index in [2.05, 4.69) is 65.6 Å². The zero-order valence-corrected chi connectivity index (χ0v) is 14.5. The van der Waals surface area contributed by atoms with E-state index in [1.165, 1.54) is 16.0 Å². The third kappa shape index (κ3) is 4.56. The summed E-state index contributed by atoms with van der Waals surface area (Å²) >= 11 is 1.77. The van der Waals surface area contributed by atoms with Crippen LogP contribution in [-0.2, 0) is 13.0 Å². The second kappa shape index (κ2) is 7.94. The Kier molecular flexibility index (Phi) is 5.95. The number of hydrogen-bond acceptors (Lipinski definition) is 3. The van der Waals surface area contributed by atoms with Crippen molar-refractivity contribution in [3.05, 3.63) is 51.0 Å². The van der Waals surface area contributed by atoms with Crippen molar-refractivity contribution in [1.29, 1.82) is 0 Å². The fourth-order valence-electron chi connectivity index (χ4n) is 2.31. The Morgan fingerprint density at radius 2 is 1.95 bits per heavy atom. The molecule has 0 saturated carbocycles. The van der Waals surface area contributed by atoms with Gasteiger partial charge in [0, 0.05) is 31.4 Å². The Hall–Kier alpha value is -1.88. The number of aromatic nitrogens is 1. The molecule has 2 aromatic rings. The Bertz CT molecular complexity index is 646. The van der Waals surface area contributed by atoms with Crippen molar-refractivity contribution in [1.82, 2.24) is 15.6 Å². The molecule has 4 nitrogen and oxygen atoms in total. The minimum Gasteiger partial charge on any atom is -0.356 e. The average Bonchev–Trinajstić information content (AvgIpc) is 2.82. The van der Waals surface area contributed by atoms with E-state index < -0.39 is 0 Å². The van der Waals surface area contributed by atoms with Crippen molar-refractivity contribution in [3.63, 3.8) is 0 Å². The normalized spacial score (nSPS) is 11.5. The van der Waals surface area contributed by atoms with Crippen LogP contribution in [-0.4, -0.2) is 24.5 Å². The highest BCUT2D eigenvalue weighted by atomic mass is 32.1. The van der Waals surface area contributed by atoms with Gasteiger partial charge in [-0.25, -0.2) is 4.98 Å². The molecule has 0 amide bonds. The number of hydrogen-bond donors (Lipinski definition) is 2. The molecule has 0 atom stereocenters. The molecule has 1 aromatic carbocycles. The van der Waals surface area contributed by atoms with E-state index in [4.69, 9.17) is 0 Å². The zero-order chi connectivity index (χ0) is 15.9. The molecule has 0 unspecified atom stereocenters. The van der Waals surface area contributed by atoms with E-state index >= 15 is 0 Å². The standard InChI is InChI=1S/C17H24N4S/c1-12-7-5-6-8-15(12)11-20-17(18-4)19-10-9-16-13(2)21-14(3)22-16/h5-8H,9-11H2,1-4H3,(H2,18,19,20). The Morgan fingerprint density at radius 3 is 2.59 bits per heavy atom. The quantitative estimate of drug-likeness (QED) is 0.658. The van der Waals surface area contributed by atoms with E-state index in [1.54, 1.807) is 18.4 Å². The summed E-state index contributed by atoms with van der Waals surface area (Å²) in [5.74, 6) is 0.835. The molecule has 0 radical (unpaired) electrons. The van der Waals surface area contributed by atoms with Crippen molar-refractivity contribution in [2.75, 3.05) is 13.6 Å². The van der Waals surface area contributed by atoms with E-state index in [-0.39, 0.29) is 0 Å². The van der Waals surface area contributed by atoms with Crippen molar-refractivity contribution in [2.45, 2.75) is 33.7 Å². The molecule has 5 heteroatoms. The predicted molar refractivity (Wildman–Crippen MR) is 94.7 cm³/mol. The maximum absolute atomic E-state index is 4.46. The lowest BCUT2D eigenvalue weighted by Gasteiger charge is -2.12. The molecule has 0 fully saturated rings. The third-order valence-corrected chi connectivity index (χ3v) is 4.71. The van der Waals surface area contributed by atoms with Gasteiger partial charge >= 0.3 is 0 Å². The lowest BCUT2D eigenvalue weighted by molar-refractivity contribution is 0.794. The van der Waals surface area contributed by atoms with Crippen LogP contribution < -0.4 is 10.6 Å². The maximum Gasteiger partial charge on any atom is 0.191 e. The van der Waals surface area contributed by atoms with Gasteiger partial charge in [0.15, 0.2) is 5.96 Å². The Morgan fingerprint density at radius 1 is 1.18 bits per heavy atom. The summed E-state index contributed by atoms with van der Waals surface area (Å²) in [6.07, 6.45) is 0.975. The number of guanidine groups is 1. The summed E-state index contributed by atoms with van der Waals surface area (Å²) in [7, 11) is 1.80. The molecule has 0 bridgehead atoms. The highest BCUT2D eigenvalue weighted by Gasteiger charge is 2.05. The SMILES string of the molecule is CN=C(NCCc1sc(C)nc1C)NCc1ccccc1C. The molecule has 1 aromatic heterocycles. The van der Waals surface area contributed by atoms with Crippen molar-refractivity contribution in [2.24, 2.45) is 4.99 Å². The molecule has 0 aliphatic heterocycles. The van der Waals surface area contributed by atoms with E-state index in [9.17, 15) is 0 Å². The van der Waals surface area contributed by atoms with Crippen LogP contribution >= 0.6 is 11.3 Å².